The number of unbranched alkanes of at least 4 members (excludes halogenated alkanes) is 2. The number of carbonyl (C=O) groups is 3. The van der Waals surface area contributed by atoms with Crippen LogP contribution in [-0.4, -0.2) is 58.2 Å². The maximum absolute atomic E-state index is 12.9. The van der Waals surface area contributed by atoms with Crippen molar-refractivity contribution in [2.75, 3.05) is 6.54 Å². The van der Waals surface area contributed by atoms with Crippen molar-refractivity contribution in [2.45, 2.75) is 76.7 Å². The first-order valence-electron chi connectivity index (χ1n) is 8.93. The maximum atomic E-state index is 12.9. The van der Waals surface area contributed by atoms with Crippen LogP contribution in [0.5, 0.6) is 0 Å². The summed E-state index contributed by atoms with van der Waals surface area (Å²) < 4.78 is 5.23. The summed E-state index contributed by atoms with van der Waals surface area (Å²) in [5, 5.41) is 12.4. The maximum Gasteiger partial charge on any atom is 0.408 e. The fraction of sp³-hybridized carbons (Fsp3) is 0.722. The molecule has 1 saturated heterocycles. The van der Waals surface area contributed by atoms with E-state index in [0.29, 0.717) is 12.8 Å². The van der Waals surface area contributed by atoms with Crippen LogP contribution in [0.25, 0.3) is 0 Å². The third-order valence-corrected chi connectivity index (χ3v) is 4.03. The molecule has 1 rings (SSSR count). The number of alkyl carbamates (subject to hydrolysis) is 1. The van der Waals surface area contributed by atoms with Crippen molar-refractivity contribution >= 4 is 17.9 Å². The van der Waals surface area contributed by atoms with Gasteiger partial charge in [-0.3, -0.25) is 9.59 Å². The zero-order valence-corrected chi connectivity index (χ0v) is 15.9. The van der Waals surface area contributed by atoms with Gasteiger partial charge in [0.15, 0.2) is 0 Å². The van der Waals surface area contributed by atoms with Gasteiger partial charge in [0, 0.05) is 13.0 Å². The normalized spacial score (nSPS) is 21.2. The summed E-state index contributed by atoms with van der Waals surface area (Å²) in [5.41, 5.74) is 4.65. The lowest BCUT2D eigenvalue weighted by Gasteiger charge is -2.28. The van der Waals surface area contributed by atoms with E-state index < -0.39 is 41.7 Å². The van der Waals surface area contributed by atoms with Crippen LogP contribution in [0, 0.1) is 0 Å². The Kier molecular flexibility index (Phi) is 8.08. The molecule has 148 valence electrons. The zero-order chi connectivity index (χ0) is 19.9. The number of primary amides is 1. The highest BCUT2D eigenvalue weighted by molar-refractivity contribution is 5.91. The highest BCUT2D eigenvalue weighted by atomic mass is 16.6. The lowest BCUT2D eigenvalue weighted by atomic mass is 10.1. The van der Waals surface area contributed by atoms with Crippen molar-refractivity contribution in [3.05, 3.63) is 12.7 Å². The number of allylic oxidation sites excluding steroid dienone is 1. The first-order chi connectivity index (χ1) is 12.0. The number of aliphatic hydroxyl groups excluding tert-OH is 1. The Morgan fingerprint density at radius 3 is 2.58 bits per heavy atom. The van der Waals surface area contributed by atoms with Crippen LogP contribution in [0.2, 0.25) is 0 Å². The number of carbonyl (C=O) groups excluding carboxylic acids is 3. The van der Waals surface area contributed by atoms with Crippen LogP contribution in [0.15, 0.2) is 12.7 Å². The number of nitrogens with one attached hydrogen (secondary N) is 1. The Bertz CT molecular complexity index is 529. The van der Waals surface area contributed by atoms with E-state index in [1.807, 2.05) is 0 Å². The molecule has 1 fully saturated rings. The van der Waals surface area contributed by atoms with Gasteiger partial charge in [-0.05, 0) is 40.0 Å². The van der Waals surface area contributed by atoms with Crippen LogP contribution in [0.3, 0.4) is 0 Å². The number of likely N-dealkylation sites (tertiary alicyclic amines) is 1. The number of nitrogens with zero attached hydrogens (tertiary/aromatic N) is 1. The molecule has 0 aromatic carbocycles. The second-order valence-electron chi connectivity index (χ2n) is 7.57. The highest BCUT2D eigenvalue weighted by Crippen LogP contribution is 2.20. The molecule has 26 heavy (non-hydrogen) atoms. The molecule has 1 heterocycles. The molecule has 8 heteroatoms. The number of aliphatic hydroxyl groups is 1. The first-order valence-corrected chi connectivity index (χ1v) is 8.93. The van der Waals surface area contributed by atoms with Gasteiger partial charge >= 0.3 is 6.09 Å². The van der Waals surface area contributed by atoms with Gasteiger partial charge < -0.3 is 25.8 Å². The minimum Gasteiger partial charge on any atom is -0.444 e. The SMILES string of the molecule is C=CCCCCC(NC(=O)OC(C)(C)C)C(=O)N1CC(O)CC1C(N)=O. The molecular formula is C18H31N3O5. The molecule has 1 aliphatic rings. The monoisotopic (exact) mass is 369 g/mol. The largest absolute Gasteiger partial charge is 0.444 e. The van der Waals surface area contributed by atoms with Gasteiger partial charge in [-0.1, -0.05) is 12.5 Å². The van der Waals surface area contributed by atoms with E-state index in [2.05, 4.69) is 11.9 Å². The molecule has 0 aromatic heterocycles. The first kappa shape index (κ1) is 22.0. The van der Waals surface area contributed by atoms with Gasteiger partial charge in [-0.15, -0.1) is 6.58 Å². The minimum atomic E-state index is -0.867. The van der Waals surface area contributed by atoms with Gasteiger partial charge in [-0.25, -0.2) is 4.79 Å². The van der Waals surface area contributed by atoms with Crippen molar-refractivity contribution in [3.8, 4) is 0 Å². The van der Waals surface area contributed by atoms with Crippen molar-refractivity contribution < 1.29 is 24.2 Å². The average Bonchev–Trinajstić information content (AvgIpc) is 2.90. The van der Waals surface area contributed by atoms with E-state index in [1.54, 1.807) is 26.8 Å². The van der Waals surface area contributed by atoms with Crippen LogP contribution < -0.4 is 11.1 Å². The molecule has 1 aliphatic heterocycles. The fourth-order valence-electron chi connectivity index (χ4n) is 2.87. The van der Waals surface area contributed by atoms with Gasteiger partial charge in [0.2, 0.25) is 11.8 Å². The second-order valence-corrected chi connectivity index (χ2v) is 7.57. The summed E-state index contributed by atoms with van der Waals surface area (Å²) in [5.74, 6) is -1.10. The average molecular weight is 369 g/mol. The van der Waals surface area contributed by atoms with Crippen molar-refractivity contribution in [2.24, 2.45) is 5.73 Å². The van der Waals surface area contributed by atoms with Crippen LogP contribution in [0.1, 0.15) is 52.9 Å². The smallest absolute Gasteiger partial charge is 0.408 e. The van der Waals surface area contributed by atoms with E-state index in [9.17, 15) is 19.5 Å². The Balaban J connectivity index is 2.84. The van der Waals surface area contributed by atoms with E-state index in [4.69, 9.17) is 10.5 Å². The quantitative estimate of drug-likeness (QED) is 0.436. The number of hydrogen-bond acceptors (Lipinski definition) is 5. The number of ether oxygens (including phenoxy) is 1. The number of hydrogen-bond donors (Lipinski definition) is 3. The third-order valence-electron chi connectivity index (χ3n) is 4.03. The number of rotatable bonds is 8. The predicted octanol–water partition coefficient (Wildman–Crippen LogP) is 1.07. The van der Waals surface area contributed by atoms with E-state index in [-0.39, 0.29) is 13.0 Å². The molecular weight excluding hydrogens is 338 g/mol. The topological polar surface area (TPSA) is 122 Å². The summed E-state index contributed by atoms with van der Waals surface area (Å²) in [4.78, 5) is 37.8. The molecule has 0 radical (unpaired) electrons. The Labute approximate surface area is 154 Å². The molecule has 3 unspecified atom stereocenters. The number of amides is 3. The summed E-state index contributed by atoms with van der Waals surface area (Å²) in [6.07, 6.45) is 3.11. The molecule has 0 saturated carbocycles. The van der Waals surface area contributed by atoms with E-state index in [0.717, 1.165) is 12.8 Å². The van der Waals surface area contributed by atoms with Gasteiger partial charge in [0.1, 0.15) is 17.7 Å². The van der Waals surface area contributed by atoms with Crippen molar-refractivity contribution in [3.63, 3.8) is 0 Å². The molecule has 8 nitrogen and oxygen atoms in total. The van der Waals surface area contributed by atoms with Crippen LogP contribution in [0.4, 0.5) is 4.79 Å². The van der Waals surface area contributed by atoms with Gasteiger partial charge in [0.25, 0.3) is 0 Å². The molecule has 0 spiro atoms. The lowest BCUT2D eigenvalue weighted by molar-refractivity contribution is -0.139. The van der Waals surface area contributed by atoms with E-state index >= 15 is 0 Å². The van der Waals surface area contributed by atoms with Crippen LogP contribution in [-0.2, 0) is 14.3 Å². The minimum absolute atomic E-state index is 0.0194. The zero-order valence-electron chi connectivity index (χ0n) is 15.9. The number of nitrogens with two attached hydrogens (primary N) is 1. The lowest BCUT2D eigenvalue weighted by Crippen LogP contribution is -2.53. The van der Waals surface area contributed by atoms with Gasteiger partial charge in [0.05, 0.1) is 6.10 Å². The summed E-state index contributed by atoms with van der Waals surface area (Å²) >= 11 is 0. The van der Waals surface area contributed by atoms with Crippen LogP contribution >= 0.6 is 0 Å². The highest BCUT2D eigenvalue weighted by Gasteiger charge is 2.40. The van der Waals surface area contributed by atoms with Crippen molar-refractivity contribution in [1.82, 2.24) is 10.2 Å². The molecule has 0 aromatic rings. The molecule has 3 amide bonds. The third kappa shape index (κ3) is 7.03. The second kappa shape index (κ2) is 9.56. The predicted molar refractivity (Wildman–Crippen MR) is 97.1 cm³/mol. The molecule has 0 bridgehead atoms. The molecule has 4 N–H and O–H groups in total. The molecule has 3 atom stereocenters. The Hall–Kier alpha value is -2.09. The summed E-state index contributed by atoms with van der Waals surface area (Å²) in [7, 11) is 0. The number of β-amino-alcohol motifs (C(OH)–C–C–N with tert-alkyl or cyclic N) is 1. The Morgan fingerprint density at radius 1 is 1.38 bits per heavy atom. The molecule has 0 aliphatic carbocycles. The summed E-state index contributed by atoms with van der Waals surface area (Å²) in [6, 6.07) is -1.71. The van der Waals surface area contributed by atoms with Crippen molar-refractivity contribution in [1.29, 1.82) is 0 Å². The standard InChI is InChI=1S/C18H31N3O5/c1-5-6-7-8-9-13(20-17(25)26-18(2,3)4)16(24)21-11-12(22)10-14(21)15(19)23/h5,12-14,22H,1,6-11H2,2-4H3,(H2,19,23)(H,20,25). The fourth-order valence-corrected chi connectivity index (χ4v) is 2.87. The Morgan fingerprint density at radius 2 is 2.04 bits per heavy atom. The van der Waals surface area contributed by atoms with Gasteiger partial charge in [-0.2, -0.15) is 0 Å². The summed E-state index contributed by atoms with van der Waals surface area (Å²) in [6.45, 7) is 8.87. The van der Waals surface area contributed by atoms with E-state index in [1.165, 1.54) is 4.90 Å².